The van der Waals surface area contributed by atoms with Crippen molar-refractivity contribution in [3.63, 3.8) is 0 Å². The zero-order valence-electron chi connectivity index (χ0n) is 8.30. The summed E-state index contributed by atoms with van der Waals surface area (Å²) >= 11 is 0. The quantitative estimate of drug-likeness (QED) is 0.757. The van der Waals surface area contributed by atoms with Gasteiger partial charge in [0.2, 0.25) is 11.7 Å². The van der Waals surface area contributed by atoms with E-state index in [1.165, 1.54) is 0 Å². The maximum absolute atomic E-state index is 11.8. The molecule has 1 heterocycles. The number of nitrogens with zero attached hydrogens (tertiary/aromatic N) is 2. The third-order valence-corrected chi connectivity index (χ3v) is 1.71. The molecule has 1 aromatic heterocycles. The minimum Gasteiger partial charge on any atom is -0.339 e. The van der Waals surface area contributed by atoms with Gasteiger partial charge in [-0.25, -0.2) is 8.78 Å². The number of rotatable bonds is 5. The number of carbonyl (C=O) groups is 1. The van der Waals surface area contributed by atoms with Crippen LogP contribution >= 0.6 is 0 Å². The molecule has 0 bridgehead atoms. The molecule has 0 radical (unpaired) electrons. The van der Waals surface area contributed by atoms with Crippen molar-refractivity contribution >= 4 is 5.78 Å². The van der Waals surface area contributed by atoms with E-state index in [0.717, 1.165) is 0 Å². The Morgan fingerprint density at radius 3 is 2.53 bits per heavy atom. The second-order valence-electron chi connectivity index (χ2n) is 3.16. The summed E-state index contributed by atoms with van der Waals surface area (Å²) < 4.78 is 63.5. The summed E-state index contributed by atoms with van der Waals surface area (Å²) in [5, 5.41) is 3.15. The molecule has 0 aliphatic heterocycles. The Hall–Kier alpha value is -1.54. The monoisotopic (exact) mass is 258 g/mol. The van der Waals surface area contributed by atoms with E-state index in [1.54, 1.807) is 0 Å². The van der Waals surface area contributed by atoms with Gasteiger partial charge in [-0.05, 0) is 0 Å². The molecule has 1 rings (SSSR count). The topological polar surface area (TPSA) is 56.0 Å². The molecule has 4 nitrogen and oxygen atoms in total. The van der Waals surface area contributed by atoms with E-state index < -0.39 is 43.5 Å². The van der Waals surface area contributed by atoms with Gasteiger partial charge in [0.1, 0.15) is 0 Å². The van der Waals surface area contributed by atoms with E-state index in [-0.39, 0.29) is 5.82 Å². The number of carbonyl (C=O) groups excluding carboxylic acids is 1. The molecular weight excluding hydrogens is 251 g/mol. The minimum absolute atomic E-state index is 0.264. The lowest BCUT2D eigenvalue weighted by molar-refractivity contribution is -0.134. The molecule has 0 unspecified atom stereocenters. The second-order valence-corrected chi connectivity index (χ2v) is 3.16. The van der Waals surface area contributed by atoms with Gasteiger partial charge in [-0.2, -0.15) is 18.2 Å². The van der Waals surface area contributed by atoms with Crippen LogP contribution in [0.4, 0.5) is 22.0 Å². The van der Waals surface area contributed by atoms with Crippen molar-refractivity contribution in [2.24, 2.45) is 0 Å². The van der Waals surface area contributed by atoms with Crippen LogP contribution in [0.15, 0.2) is 4.52 Å². The minimum atomic E-state index is -4.36. The molecule has 0 spiro atoms. The summed E-state index contributed by atoms with van der Waals surface area (Å²) in [5.41, 5.74) is 0. The number of aryl methyl sites for hydroxylation is 1. The van der Waals surface area contributed by atoms with E-state index in [9.17, 15) is 26.7 Å². The summed E-state index contributed by atoms with van der Waals surface area (Å²) in [6.45, 7) is 0. The number of ketones is 1. The van der Waals surface area contributed by atoms with Crippen LogP contribution in [-0.4, -0.2) is 28.5 Å². The summed E-state index contributed by atoms with van der Waals surface area (Å²) in [4.78, 5) is 14.0. The first-order valence-corrected chi connectivity index (χ1v) is 4.47. The average molecular weight is 258 g/mol. The molecule has 17 heavy (non-hydrogen) atoms. The predicted octanol–water partition coefficient (Wildman–Crippen LogP) is 1.94. The second kappa shape index (κ2) is 5.19. The van der Waals surface area contributed by atoms with Gasteiger partial charge in [0.25, 0.3) is 6.43 Å². The van der Waals surface area contributed by atoms with Gasteiger partial charge in [-0.3, -0.25) is 4.79 Å². The van der Waals surface area contributed by atoms with Gasteiger partial charge in [0.15, 0.2) is 5.82 Å². The third-order valence-electron chi connectivity index (χ3n) is 1.71. The Morgan fingerprint density at radius 1 is 1.35 bits per heavy atom. The zero-order valence-corrected chi connectivity index (χ0v) is 8.30. The highest BCUT2D eigenvalue weighted by atomic mass is 19.4. The van der Waals surface area contributed by atoms with E-state index in [4.69, 9.17) is 0 Å². The van der Waals surface area contributed by atoms with Crippen LogP contribution < -0.4 is 0 Å². The first kappa shape index (κ1) is 13.5. The smallest absolute Gasteiger partial charge is 0.339 e. The molecule has 0 saturated heterocycles. The van der Waals surface area contributed by atoms with Crippen molar-refractivity contribution in [1.82, 2.24) is 10.1 Å². The molecule has 0 aliphatic carbocycles. The average Bonchev–Trinajstić information content (AvgIpc) is 2.61. The van der Waals surface area contributed by atoms with Gasteiger partial charge in [-0.15, -0.1) is 0 Å². The van der Waals surface area contributed by atoms with Crippen molar-refractivity contribution in [3.8, 4) is 0 Å². The van der Waals surface area contributed by atoms with E-state index in [0.29, 0.717) is 0 Å². The number of hydrogen-bond donors (Lipinski definition) is 0. The summed E-state index contributed by atoms with van der Waals surface area (Å²) in [6.07, 6.45) is -9.97. The van der Waals surface area contributed by atoms with Crippen molar-refractivity contribution in [2.45, 2.75) is 31.9 Å². The molecule has 0 aliphatic rings. The summed E-state index contributed by atoms with van der Waals surface area (Å²) in [5.74, 6) is -2.09. The lowest BCUT2D eigenvalue weighted by Crippen LogP contribution is -2.13. The molecule has 1 aromatic rings. The predicted molar refractivity (Wildman–Crippen MR) is 43.4 cm³/mol. The fourth-order valence-electron chi connectivity index (χ4n) is 0.943. The number of halogens is 5. The molecule has 96 valence electrons. The van der Waals surface area contributed by atoms with Gasteiger partial charge in [0, 0.05) is 6.42 Å². The Balaban J connectivity index is 2.51. The van der Waals surface area contributed by atoms with Crippen LogP contribution in [0, 0.1) is 0 Å². The fourth-order valence-corrected chi connectivity index (χ4v) is 0.943. The van der Waals surface area contributed by atoms with E-state index >= 15 is 0 Å². The first-order valence-electron chi connectivity index (χ1n) is 4.47. The Bertz CT molecular complexity index is 388. The van der Waals surface area contributed by atoms with Gasteiger partial charge in [-0.1, -0.05) is 5.16 Å². The number of Topliss-reactive ketones (excluding diaryl/α,β-unsaturated/α-hetero) is 1. The maximum atomic E-state index is 11.8. The molecular formula is C8H7F5N2O2. The van der Waals surface area contributed by atoms with E-state index in [2.05, 4.69) is 14.7 Å². The highest BCUT2D eigenvalue weighted by Crippen LogP contribution is 2.21. The van der Waals surface area contributed by atoms with E-state index in [1.807, 2.05) is 0 Å². The Kier molecular flexibility index (Phi) is 4.13. The van der Waals surface area contributed by atoms with Crippen LogP contribution in [0.25, 0.3) is 0 Å². The van der Waals surface area contributed by atoms with Crippen LogP contribution in [0.5, 0.6) is 0 Å². The molecule has 0 atom stereocenters. The molecule has 0 fully saturated rings. The van der Waals surface area contributed by atoms with Gasteiger partial charge < -0.3 is 4.52 Å². The summed E-state index contributed by atoms with van der Waals surface area (Å²) in [7, 11) is 0. The third kappa shape index (κ3) is 4.87. The maximum Gasteiger partial charge on any atom is 0.389 e. The Labute approximate surface area is 91.8 Å². The zero-order chi connectivity index (χ0) is 13.1. The van der Waals surface area contributed by atoms with Gasteiger partial charge in [0.05, 0.1) is 12.8 Å². The molecule has 0 aromatic carbocycles. The highest BCUT2D eigenvalue weighted by Gasteiger charge is 2.28. The van der Waals surface area contributed by atoms with Crippen molar-refractivity contribution in [2.75, 3.05) is 0 Å². The fraction of sp³-hybridized carbons (Fsp3) is 0.625. The van der Waals surface area contributed by atoms with Crippen molar-refractivity contribution < 1.29 is 31.3 Å². The lowest BCUT2D eigenvalue weighted by Gasteiger charge is -2.01. The van der Waals surface area contributed by atoms with Crippen LogP contribution in [-0.2, 0) is 17.6 Å². The van der Waals surface area contributed by atoms with Crippen molar-refractivity contribution in [1.29, 1.82) is 0 Å². The molecule has 9 heteroatoms. The number of hydrogen-bond acceptors (Lipinski definition) is 4. The highest BCUT2D eigenvalue weighted by molar-refractivity contribution is 5.82. The van der Waals surface area contributed by atoms with Crippen molar-refractivity contribution in [3.05, 3.63) is 11.7 Å². The molecule has 0 N–H and O–H groups in total. The van der Waals surface area contributed by atoms with Crippen LogP contribution in [0.3, 0.4) is 0 Å². The number of aromatic nitrogens is 2. The molecule has 0 saturated carbocycles. The van der Waals surface area contributed by atoms with Gasteiger partial charge >= 0.3 is 6.18 Å². The largest absolute Gasteiger partial charge is 0.389 e. The lowest BCUT2D eigenvalue weighted by atomic mass is 10.3. The Morgan fingerprint density at radius 2 is 2.00 bits per heavy atom. The normalized spacial score (nSPS) is 12.1. The molecule has 0 amide bonds. The number of alkyl halides is 5. The van der Waals surface area contributed by atoms with Crippen LogP contribution in [0.1, 0.15) is 18.1 Å². The standard InChI is InChI=1S/C8H7F5N2O2/c9-7(10)4(16)3-6-14-5(15-17-6)1-2-8(11,12)13/h7H,1-3H2. The van der Waals surface area contributed by atoms with Crippen LogP contribution in [0.2, 0.25) is 0 Å². The first-order chi connectivity index (χ1) is 7.78. The SMILES string of the molecule is O=C(Cc1nc(CCC(F)(F)F)no1)C(F)F. The summed E-state index contributed by atoms with van der Waals surface area (Å²) in [6, 6.07) is 0.